The van der Waals surface area contributed by atoms with Crippen LogP contribution in [0.4, 0.5) is 0 Å². The molecule has 3 aliphatic rings. The van der Waals surface area contributed by atoms with Crippen molar-refractivity contribution < 1.29 is 4.74 Å². The van der Waals surface area contributed by atoms with Crippen LogP contribution in [-0.2, 0) is 6.42 Å². The first-order chi connectivity index (χ1) is 23.3. The van der Waals surface area contributed by atoms with Gasteiger partial charge in [0.15, 0.2) is 0 Å². The van der Waals surface area contributed by atoms with Crippen molar-refractivity contribution in [2.75, 3.05) is 0 Å². The van der Waals surface area contributed by atoms with Crippen LogP contribution in [-0.4, -0.2) is 4.57 Å². The molecule has 0 radical (unpaired) electrons. The molecule has 0 amide bonds. The molecule has 7 aromatic carbocycles. The summed E-state index contributed by atoms with van der Waals surface area (Å²) >= 11 is 1.92. The monoisotopic (exact) mass is 615 g/mol. The summed E-state index contributed by atoms with van der Waals surface area (Å²) in [5.41, 5.74) is 11.6. The van der Waals surface area contributed by atoms with Crippen LogP contribution in [0, 0.1) is 0 Å². The maximum absolute atomic E-state index is 6.50. The Hall–Kier alpha value is -5.64. The number of hydrogen-bond donors (Lipinski definition) is 0. The number of ether oxygens (including phenoxy) is 1. The van der Waals surface area contributed by atoms with Gasteiger partial charge in [-0.25, -0.2) is 0 Å². The minimum atomic E-state index is -0.00649. The van der Waals surface area contributed by atoms with Crippen molar-refractivity contribution in [3.05, 3.63) is 143 Å². The van der Waals surface area contributed by atoms with Gasteiger partial charge in [-0.05, 0) is 80.9 Å². The predicted octanol–water partition coefficient (Wildman–Crippen LogP) is 11.2. The van der Waals surface area contributed by atoms with Gasteiger partial charge in [-0.15, -0.1) is 11.3 Å². The topological polar surface area (TPSA) is 14.2 Å². The number of fused-ring (bicyclic) bond motifs is 3. The zero-order valence-electron chi connectivity index (χ0n) is 25.2. The fourth-order valence-corrected chi connectivity index (χ4v) is 10.2. The van der Waals surface area contributed by atoms with E-state index in [1.165, 1.54) is 103 Å². The van der Waals surface area contributed by atoms with Gasteiger partial charge in [0, 0.05) is 47.6 Å². The van der Waals surface area contributed by atoms with E-state index in [1.807, 2.05) is 11.3 Å². The van der Waals surface area contributed by atoms with E-state index in [0.29, 0.717) is 0 Å². The summed E-state index contributed by atoms with van der Waals surface area (Å²) in [6.07, 6.45) is 7.85. The van der Waals surface area contributed by atoms with Crippen LogP contribution in [0.25, 0.3) is 92.7 Å². The van der Waals surface area contributed by atoms with Crippen LogP contribution in [0.3, 0.4) is 0 Å². The highest BCUT2D eigenvalue weighted by atomic mass is 32.1. The van der Waals surface area contributed by atoms with Crippen LogP contribution in [0.5, 0.6) is 5.75 Å². The molecule has 218 valence electrons. The van der Waals surface area contributed by atoms with Gasteiger partial charge in [-0.3, -0.25) is 0 Å². The second-order valence-corrected chi connectivity index (χ2v) is 14.1. The van der Waals surface area contributed by atoms with Crippen molar-refractivity contribution in [2.24, 2.45) is 0 Å². The summed E-state index contributed by atoms with van der Waals surface area (Å²) in [4.78, 5) is 0. The molecule has 0 saturated heterocycles. The molecule has 9 aromatic rings. The fraction of sp³-hybridized carbons (Fsp3) is 0.0455. The second-order valence-electron chi connectivity index (χ2n) is 13.1. The average molecular weight is 616 g/mol. The van der Waals surface area contributed by atoms with Crippen molar-refractivity contribution in [1.82, 2.24) is 4.57 Å². The van der Waals surface area contributed by atoms with E-state index < -0.39 is 0 Å². The van der Waals surface area contributed by atoms with Crippen LogP contribution in [0.2, 0.25) is 0 Å². The Bertz CT molecular complexity index is 2960. The first-order valence-electron chi connectivity index (χ1n) is 16.4. The van der Waals surface area contributed by atoms with Gasteiger partial charge in [0.25, 0.3) is 0 Å². The molecule has 1 aliphatic heterocycles. The third kappa shape index (κ3) is 3.01. The van der Waals surface area contributed by atoms with Crippen molar-refractivity contribution in [3.63, 3.8) is 0 Å². The molecule has 0 bridgehead atoms. The van der Waals surface area contributed by atoms with Crippen molar-refractivity contribution in [1.29, 1.82) is 0 Å². The van der Waals surface area contributed by atoms with E-state index in [0.717, 1.165) is 12.2 Å². The summed E-state index contributed by atoms with van der Waals surface area (Å²) in [7, 11) is 0. The lowest BCUT2D eigenvalue weighted by Gasteiger charge is -2.18. The second kappa shape index (κ2) is 8.58. The van der Waals surface area contributed by atoms with Crippen LogP contribution in [0.15, 0.2) is 121 Å². The van der Waals surface area contributed by atoms with E-state index in [1.54, 1.807) is 0 Å². The number of rotatable bonds is 3. The minimum absolute atomic E-state index is 0.00649. The lowest BCUT2D eigenvalue weighted by Crippen LogP contribution is -2.17. The molecule has 0 fully saturated rings. The van der Waals surface area contributed by atoms with Gasteiger partial charge in [0.05, 0.1) is 10.9 Å². The quantitative estimate of drug-likeness (QED) is 0.180. The van der Waals surface area contributed by atoms with Gasteiger partial charge in [0.1, 0.15) is 11.9 Å². The van der Waals surface area contributed by atoms with Gasteiger partial charge < -0.3 is 9.30 Å². The summed E-state index contributed by atoms with van der Waals surface area (Å²) < 4.78 is 11.7. The summed E-state index contributed by atoms with van der Waals surface area (Å²) in [6, 6.07) is 42.6. The Balaban J connectivity index is 1.13. The molecule has 2 aliphatic carbocycles. The molecule has 1 atom stereocenters. The van der Waals surface area contributed by atoms with E-state index in [2.05, 4.69) is 138 Å². The van der Waals surface area contributed by atoms with Crippen molar-refractivity contribution in [2.45, 2.75) is 12.5 Å². The Morgan fingerprint density at radius 2 is 1.43 bits per heavy atom. The minimum Gasteiger partial charge on any atom is -0.481 e. The maximum Gasteiger partial charge on any atom is 0.144 e. The standard InChI is InChI=1S/C44H25NOS/c1-2-7-24(8-3-1)29-11-5-13-31-32-14-6-12-30(44(32)47-43(29)31)27-9-4-10-28(23-27)45-33-19-15-25-17-21-35-41-37(25)39(33)40-34(45)20-16-26-18-22-36(46-35)42(41)38(26)40/h1-15,17-23,35H,16H2. The molecule has 1 unspecified atom stereocenters. The maximum atomic E-state index is 6.50. The fourth-order valence-electron chi connectivity index (χ4n) is 8.86. The van der Waals surface area contributed by atoms with Crippen molar-refractivity contribution in [3.8, 4) is 33.7 Å². The number of hydrogen-bond acceptors (Lipinski definition) is 2. The average Bonchev–Trinajstić information content (AvgIpc) is 3.82. The Kier molecular flexibility index (Phi) is 4.49. The highest BCUT2D eigenvalue weighted by Crippen LogP contribution is 2.53. The van der Waals surface area contributed by atoms with Gasteiger partial charge in [-0.1, -0.05) is 103 Å². The van der Waals surface area contributed by atoms with Gasteiger partial charge in [-0.2, -0.15) is 0 Å². The lowest BCUT2D eigenvalue weighted by atomic mass is 9.84. The Labute approximate surface area is 274 Å². The van der Waals surface area contributed by atoms with E-state index in [9.17, 15) is 0 Å². The zero-order chi connectivity index (χ0) is 30.4. The smallest absolute Gasteiger partial charge is 0.144 e. The highest BCUT2D eigenvalue weighted by molar-refractivity contribution is 7.26. The molecular formula is C44H25NOS. The lowest BCUT2D eigenvalue weighted by molar-refractivity contribution is 0.277. The van der Waals surface area contributed by atoms with E-state index >= 15 is 0 Å². The SMILES string of the molecule is C1=CC2Oc3ccc4c5c3c2c2c1ccc1c2c5c(n1-c1cccc(-c2cccc3c2sc2c(-c5ccccc5)cccc23)c1)=CC4. The molecular weight excluding hydrogens is 591 g/mol. The number of aromatic nitrogens is 1. The molecule has 3 heterocycles. The summed E-state index contributed by atoms with van der Waals surface area (Å²) in [5.74, 6) is 1.03. The van der Waals surface area contributed by atoms with Gasteiger partial charge in [0.2, 0.25) is 0 Å². The molecule has 12 rings (SSSR count). The number of benzene rings is 7. The van der Waals surface area contributed by atoms with Crippen LogP contribution < -0.4 is 10.1 Å². The Morgan fingerprint density at radius 1 is 0.638 bits per heavy atom. The molecule has 0 saturated carbocycles. The third-order valence-corrected chi connectivity index (χ3v) is 12.1. The molecule has 47 heavy (non-hydrogen) atoms. The predicted molar refractivity (Wildman–Crippen MR) is 198 cm³/mol. The third-order valence-electron chi connectivity index (χ3n) is 10.8. The first-order valence-corrected chi connectivity index (χ1v) is 17.2. The zero-order valence-corrected chi connectivity index (χ0v) is 26.1. The molecule has 2 nitrogen and oxygen atoms in total. The van der Waals surface area contributed by atoms with E-state index in [4.69, 9.17) is 4.74 Å². The van der Waals surface area contributed by atoms with Gasteiger partial charge >= 0.3 is 0 Å². The molecule has 3 heteroatoms. The Morgan fingerprint density at radius 3 is 2.28 bits per heavy atom. The highest BCUT2D eigenvalue weighted by Gasteiger charge is 2.34. The molecule has 2 aromatic heterocycles. The largest absolute Gasteiger partial charge is 0.481 e. The van der Waals surface area contributed by atoms with E-state index in [-0.39, 0.29) is 6.10 Å². The van der Waals surface area contributed by atoms with Crippen LogP contribution >= 0.6 is 11.3 Å². The van der Waals surface area contributed by atoms with Crippen LogP contribution in [0.1, 0.15) is 22.8 Å². The number of thiophene rings is 1. The summed E-state index contributed by atoms with van der Waals surface area (Å²) in [6.45, 7) is 0. The van der Waals surface area contributed by atoms with Crippen molar-refractivity contribution >= 4 is 76.1 Å². The first kappa shape index (κ1) is 24.6. The summed E-state index contributed by atoms with van der Waals surface area (Å²) in [5, 5.41) is 10.8. The molecule has 0 spiro atoms. The molecule has 0 N–H and O–H groups in total. The normalized spacial score (nSPS) is 15.6. The number of nitrogens with zero attached hydrogens (tertiary/aromatic N) is 1.